The molecule has 1 nitrogen and oxygen atoms in total. The molecule has 1 rings (SSSR count). The quantitative estimate of drug-likeness (QED) is 0.608. The summed E-state index contributed by atoms with van der Waals surface area (Å²) in [5.74, 6) is 0. The molecule has 0 aliphatic heterocycles. The molecule has 0 saturated carbocycles. The van der Waals surface area contributed by atoms with Gasteiger partial charge < -0.3 is 0 Å². The Morgan fingerprint density at radius 3 is 1.78 bits per heavy atom. The van der Waals surface area contributed by atoms with Gasteiger partial charge >= 0.3 is 0 Å². The van der Waals surface area contributed by atoms with E-state index in [1.807, 2.05) is 26.2 Å². The van der Waals surface area contributed by atoms with Crippen molar-refractivity contribution >= 4 is 17.0 Å². The first-order chi connectivity index (χ1) is 3.79. The number of hydrogen-bond donors (Lipinski definition) is 0. The number of halogens is 1. The molecule has 0 radical (unpaired) electrons. The van der Waals surface area contributed by atoms with E-state index in [1.165, 1.54) is 11.1 Å². The molecule has 0 unspecified atom stereocenters. The van der Waals surface area contributed by atoms with E-state index in [2.05, 4.69) is 11.1 Å². The maximum absolute atomic E-state index is 3.98. The van der Waals surface area contributed by atoms with Crippen molar-refractivity contribution in [2.24, 2.45) is 0 Å². The second-order valence-corrected chi connectivity index (χ2v) is 2.04. The van der Waals surface area contributed by atoms with Gasteiger partial charge in [-0.05, 0) is 25.0 Å². The van der Waals surface area contributed by atoms with Crippen molar-refractivity contribution in [3.05, 3.63) is 29.6 Å². The maximum atomic E-state index is 3.98. The third-order valence-corrected chi connectivity index (χ3v) is 1.01. The van der Waals surface area contributed by atoms with Crippen LogP contribution < -0.4 is 0 Å². The number of aromatic nitrogens is 1. The zero-order valence-electron chi connectivity index (χ0n) is 5.59. The molecule has 0 amide bonds. The van der Waals surface area contributed by atoms with Crippen LogP contribution in [0.1, 0.15) is 11.1 Å². The normalized spacial score (nSPS) is 8.22. The van der Waals surface area contributed by atoms with Gasteiger partial charge in [-0.3, -0.25) is 4.98 Å². The van der Waals surface area contributed by atoms with E-state index in [0.29, 0.717) is 0 Å². The first-order valence-electron chi connectivity index (χ1n) is 2.67. The number of nitrogens with zero attached hydrogens (tertiary/aromatic N) is 1. The van der Waals surface area contributed by atoms with Crippen molar-refractivity contribution in [1.29, 1.82) is 0 Å². The molecule has 50 valence electrons. The molecule has 0 saturated heterocycles. The first kappa shape index (κ1) is 8.63. The molecule has 0 bridgehead atoms. The SMILES string of the molecule is Br.Cc1cncc(C)c1. The Balaban J connectivity index is 0.000000640. The van der Waals surface area contributed by atoms with Crippen molar-refractivity contribution in [3.8, 4) is 0 Å². The van der Waals surface area contributed by atoms with Gasteiger partial charge in [0.1, 0.15) is 0 Å². The predicted octanol–water partition coefficient (Wildman–Crippen LogP) is 2.28. The van der Waals surface area contributed by atoms with E-state index in [4.69, 9.17) is 0 Å². The van der Waals surface area contributed by atoms with Crippen molar-refractivity contribution in [2.45, 2.75) is 13.8 Å². The van der Waals surface area contributed by atoms with Gasteiger partial charge in [0.15, 0.2) is 0 Å². The van der Waals surface area contributed by atoms with Crippen LogP contribution in [-0.4, -0.2) is 4.98 Å². The monoisotopic (exact) mass is 187 g/mol. The average Bonchev–Trinajstić information content (AvgIpc) is 1.64. The van der Waals surface area contributed by atoms with E-state index in [9.17, 15) is 0 Å². The largest absolute Gasteiger partial charge is 0.264 e. The third kappa shape index (κ3) is 2.61. The minimum atomic E-state index is 0. The smallest absolute Gasteiger partial charge is 0.0297 e. The first-order valence-corrected chi connectivity index (χ1v) is 2.67. The number of rotatable bonds is 0. The van der Waals surface area contributed by atoms with Gasteiger partial charge in [-0.25, -0.2) is 0 Å². The van der Waals surface area contributed by atoms with Crippen LogP contribution in [0.25, 0.3) is 0 Å². The second kappa shape index (κ2) is 3.62. The van der Waals surface area contributed by atoms with E-state index in [0.717, 1.165) is 0 Å². The molecule has 0 aliphatic carbocycles. The Morgan fingerprint density at radius 1 is 1.11 bits per heavy atom. The third-order valence-electron chi connectivity index (χ3n) is 1.01. The number of hydrogen-bond acceptors (Lipinski definition) is 1. The van der Waals surface area contributed by atoms with Crippen LogP contribution in [0, 0.1) is 13.8 Å². The molecule has 1 heterocycles. The van der Waals surface area contributed by atoms with Gasteiger partial charge in [-0.2, -0.15) is 0 Å². The van der Waals surface area contributed by atoms with Crippen LogP contribution in [0.15, 0.2) is 18.5 Å². The van der Waals surface area contributed by atoms with Crippen LogP contribution in [-0.2, 0) is 0 Å². The Bertz CT molecular complexity index is 169. The number of pyridine rings is 1. The zero-order valence-corrected chi connectivity index (χ0v) is 7.30. The average molecular weight is 188 g/mol. The predicted molar refractivity (Wildman–Crippen MR) is 44.0 cm³/mol. The van der Waals surface area contributed by atoms with Crippen LogP contribution in [0.2, 0.25) is 0 Å². The molecule has 0 N–H and O–H groups in total. The molecule has 0 aromatic carbocycles. The van der Waals surface area contributed by atoms with Crippen molar-refractivity contribution in [2.75, 3.05) is 0 Å². The van der Waals surface area contributed by atoms with Crippen molar-refractivity contribution < 1.29 is 0 Å². The van der Waals surface area contributed by atoms with Gasteiger partial charge in [0.25, 0.3) is 0 Å². The zero-order chi connectivity index (χ0) is 5.98. The highest BCUT2D eigenvalue weighted by molar-refractivity contribution is 8.93. The summed E-state index contributed by atoms with van der Waals surface area (Å²) in [4.78, 5) is 3.98. The molecular weight excluding hydrogens is 178 g/mol. The molecule has 1 aromatic rings. The molecule has 0 spiro atoms. The lowest BCUT2D eigenvalue weighted by Gasteiger charge is -1.89. The topological polar surface area (TPSA) is 12.9 Å². The fourth-order valence-corrected chi connectivity index (χ4v) is 0.706. The Morgan fingerprint density at radius 2 is 1.56 bits per heavy atom. The summed E-state index contributed by atoms with van der Waals surface area (Å²) in [7, 11) is 0. The molecule has 0 aliphatic rings. The van der Waals surface area contributed by atoms with E-state index in [-0.39, 0.29) is 17.0 Å². The van der Waals surface area contributed by atoms with Crippen LogP contribution >= 0.6 is 17.0 Å². The van der Waals surface area contributed by atoms with Crippen LogP contribution in [0.3, 0.4) is 0 Å². The van der Waals surface area contributed by atoms with Gasteiger partial charge in [0.2, 0.25) is 0 Å². The number of aryl methyl sites for hydroxylation is 2. The molecular formula is C7H10BrN. The summed E-state index contributed by atoms with van der Waals surface area (Å²) in [5, 5.41) is 0. The van der Waals surface area contributed by atoms with Crippen LogP contribution in [0.4, 0.5) is 0 Å². The van der Waals surface area contributed by atoms with E-state index < -0.39 is 0 Å². The minimum absolute atomic E-state index is 0. The molecule has 1 aromatic heterocycles. The molecule has 0 fully saturated rings. The highest BCUT2D eigenvalue weighted by Gasteiger charge is 1.81. The van der Waals surface area contributed by atoms with Crippen LogP contribution in [0.5, 0.6) is 0 Å². The van der Waals surface area contributed by atoms with E-state index in [1.54, 1.807) is 0 Å². The van der Waals surface area contributed by atoms with E-state index >= 15 is 0 Å². The fourth-order valence-electron chi connectivity index (χ4n) is 0.706. The Kier molecular flexibility index (Phi) is 3.47. The fraction of sp³-hybridized carbons (Fsp3) is 0.286. The van der Waals surface area contributed by atoms with Gasteiger partial charge in [0.05, 0.1) is 0 Å². The van der Waals surface area contributed by atoms with Crippen molar-refractivity contribution in [3.63, 3.8) is 0 Å². The summed E-state index contributed by atoms with van der Waals surface area (Å²) >= 11 is 0. The summed E-state index contributed by atoms with van der Waals surface area (Å²) in [6.07, 6.45) is 3.71. The summed E-state index contributed by atoms with van der Waals surface area (Å²) in [6.45, 7) is 4.08. The summed E-state index contributed by atoms with van der Waals surface area (Å²) in [6, 6.07) is 2.10. The Labute approximate surface area is 65.9 Å². The lowest BCUT2D eigenvalue weighted by atomic mass is 10.2. The Hall–Kier alpha value is -0.370. The lowest BCUT2D eigenvalue weighted by molar-refractivity contribution is 1.22. The minimum Gasteiger partial charge on any atom is -0.264 e. The summed E-state index contributed by atoms with van der Waals surface area (Å²) < 4.78 is 0. The van der Waals surface area contributed by atoms with Gasteiger partial charge in [-0.15, -0.1) is 17.0 Å². The standard InChI is InChI=1S/C7H9N.BrH/c1-6-3-7(2)5-8-4-6;/h3-5H,1-2H3;1H. The molecule has 2 heteroatoms. The second-order valence-electron chi connectivity index (χ2n) is 2.04. The van der Waals surface area contributed by atoms with Crippen molar-refractivity contribution in [1.82, 2.24) is 4.98 Å². The maximum Gasteiger partial charge on any atom is 0.0297 e. The van der Waals surface area contributed by atoms with Gasteiger partial charge in [-0.1, -0.05) is 6.07 Å². The molecule has 9 heavy (non-hydrogen) atoms. The highest BCUT2D eigenvalue weighted by atomic mass is 79.9. The van der Waals surface area contributed by atoms with Gasteiger partial charge in [0, 0.05) is 12.4 Å². The highest BCUT2D eigenvalue weighted by Crippen LogP contribution is 1.96. The summed E-state index contributed by atoms with van der Waals surface area (Å²) in [5.41, 5.74) is 2.45. The molecule has 0 atom stereocenters. The lowest BCUT2D eigenvalue weighted by Crippen LogP contribution is -1.76.